The highest BCUT2D eigenvalue weighted by atomic mass is 16.5. The van der Waals surface area contributed by atoms with Crippen molar-refractivity contribution in [3.63, 3.8) is 0 Å². The standard InChI is InChI=1S/C23H22N4O4/c1-29-19-11-10-16(13-20(19)30-2)14-24-21(28)15-27-12-6-9-18(27)23-25-22(26-31-23)17-7-4-3-5-8-17/h3-13H,14-15H2,1-2H3,(H,24,28). The number of benzene rings is 2. The topological polar surface area (TPSA) is 91.4 Å². The van der Waals surface area contributed by atoms with E-state index in [0.29, 0.717) is 35.5 Å². The zero-order valence-corrected chi connectivity index (χ0v) is 17.2. The first-order valence-electron chi connectivity index (χ1n) is 9.70. The van der Waals surface area contributed by atoms with Gasteiger partial charge in [-0.25, -0.2) is 0 Å². The Labute approximate surface area is 179 Å². The molecule has 8 nitrogen and oxygen atoms in total. The second-order valence-corrected chi connectivity index (χ2v) is 6.78. The molecule has 1 amide bonds. The highest BCUT2D eigenvalue weighted by molar-refractivity contribution is 5.76. The third-order valence-corrected chi connectivity index (χ3v) is 4.76. The molecule has 2 aromatic carbocycles. The molecule has 0 aliphatic heterocycles. The third kappa shape index (κ3) is 4.58. The summed E-state index contributed by atoms with van der Waals surface area (Å²) in [5, 5.41) is 6.96. The first-order valence-corrected chi connectivity index (χ1v) is 9.70. The molecule has 0 unspecified atom stereocenters. The summed E-state index contributed by atoms with van der Waals surface area (Å²) in [7, 11) is 3.16. The Bertz CT molecular complexity index is 1170. The number of methoxy groups -OCH3 is 2. The van der Waals surface area contributed by atoms with Crippen molar-refractivity contribution >= 4 is 5.91 Å². The summed E-state index contributed by atoms with van der Waals surface area (Å²) < 4.78 is 17.7. The van der Waals surface area contributed by atoms with E-state index in [-0.39, 0.29) is 12.5 Å². The van der Waals surface area contributed by atoms with E-state index in [1.807, 2.05) is 60.7 Å². The predicted molar refractivity (Wildman–Crippen MR) is 115 cm³/mol. The molecule has 0 aliphatic carbocycles. The van der Waals surface area contributed by atoms with Gasteiger partial charge >= 0.3 is 0 Å². The van der Waals surface area contributed by atoms with Crippen molar-refractivity contribution in [3.05, 3.63) is 72.4 Å². The zero-order valence-electron chi connectivity index (χ0n) is 17.2. The summed E-state index contributed by atoms with van der Waals surface area (Å²) in [6.45, 7) is 0.493. The lowest BCUT2D eigenvalue weighted by atomic mass is 10.2. The Morgan fingerprint density at radius 2 is 1.84 bits per heavy atom. The van der Waals surface area contributed by atoms with Crippen molar-refractivity contribution in [2.24, 2.45) is 0 Å². The maximum atomic E-state index is 12.5. The summed E-state index contributed by atoms with van der Waals surface area (Å²) >= 11 is 0. The molecule has 0 saturated heterocycles. The van der Waals surface area contributed by atoms with Gasteiger partial charge < -0.3 is 23.9 Å². The minimum Gasteiger partial charge on any atom is -0.493 e. The van der Waals surface area contributed by atoms with Gasteiger partial charge in [-0.2, -0.15) is 4.98 Å². The van der Waals surface area contributed by atoms with Crippen LogP contribution in [0.3, 0.4) is 0 Å². The maximum Gasteiger partial charge on any atom is 0.274 e. The number of nitrogens with one attached hydrogen (secondary N) is 1. The van der Waals surface area contributed by atoms with Crippen molar-refractivity contribution < 1.29 is 18.8 Å². The smallest absolute Gasteiger partial charge is 0.274 e. The predicted octanol–water partition coefficient (Wildman–Crippen LogP) is 3.54. The Morgan fingerprint density at radius 1 is 1.03 bits per heavy atom. The second kappa shape index (κ2) is 9.17. The van der Waals surface area contributed by atoms with Gasteiger partial charge in [0.1, 0.15) is 12.2 Å². The molecule has 0 radical (unpaired) electrons. The average Bonchev–Trinajstić information content (AvgIpc) is 3.47. The molecule has 4 rings (SSSR count). The van der Waals surface area contributed by atoms with Gasteiger partial charge in [-0.1, -0.05) is 41.6 Å². The lowest BCUT2D eigenvalue weighted by molar-refractivity contribution is -0.121. The molecule has 31 heavy (non-hydrogen) atoms. The molecule has 0 fully saturated rings. The summed E-state index contributed by atoms with van der Waals surface area (Å²) in [5.41, 5.74) is 2.45. The van der Waals surface area contributed by atoms with Crippen LogP contribution in [0.4, 0.5) is 0 Å². The first kappa shape index (κ1) is 20.2. The van der Waals surface area contributed by atoms with E-state index in [0.717, 1.165) is 11.1 Å². The fourth-order valence-corrected chi connectivity index (χ4v) is 3.18. The van der Waals surface area contributed by atoms with Gasteiger partial charge in [0, 0.05) is 18.3 Å². The molecule has 0 saturated carbocycles. The monoisotopic (exact) mass is 418 g/mol. The largest absolute Gasteiger partial charge is 0.493 e. The van der Waals surface area contributed by atoms with Crippen molar-refractivity contribution in [2.45, 2.75) is 13.1 Å². The number of aromatic nitrogens is 3. The number of carbonyl (C=O) groups excluding carboxylic acids is 1. The van der Waals surface area contributed by atoms with Crippen LogP contribution in [0.25, 0.3) is 23.0 Å². The molecule has 1 N–H and O–H groups in total. The number of hydrogen-bond donors (Lipinski definition) is 1. The fourth-order valence-electron chi connectivity index (χ4n) is 3.18. The molecule has 0 aliphatic rings. The van der Waals surface area contributed by atoms with Gasteiger partial charge in [0.25, 0.3) is 5.89 Å². The fraction of sp³-hybridized carbons (Fsp3) is 0.174. The van der Waals surface area contributed by atoms with Gasteiger partial charge in [0.05, 0.1) is 14.2 Å². The van der Waals surface area contributed by atoms with Gasteiger partial charge in [0.2, 0.25) is 11.7 Å². The van der Waals surface area contributed by atoms with Crippen LogP contribution in [0.15, 0.2) is 71.4 Å². The van der Waals surface area contributed by atoms with Crippen LogP contribution in [0.1, 0.15) is 5.56 Å². The third-order valence-electron chi connectivity index (χ3n) is 4.76. The molecule has 8 heteroatoms. The SMILES string of the molecule is COc1ccc(CNC(=O)Cn2cccc2-c2nc(-c3ccccc3)no2)cc1OC. The summed E-state index contributed by atoms with van der Waals surface area (Å²) in [5.74, 6) is 1.98. The molecule has 2 heterocycles. The van der Waals surface area contributed by atoms with E-state index in [2.05, 4.69) is 15.5 Å². The molecule has 158 valence electrons. The lowest BCUT2D eigenvalue weighted by Crippen LogP contribution is -2.27. The van der Waals surface area contributed by atoms with Crippen LogP contribution < -0.4 is 14.8 Å². The van der Waals surface area contributed by atoms with Crippen LogP contribution in [0, 0.1) is 0 Å². The van der Waals surface area contributed by atoms with E-state index in [1.165, 1.54) is 0 Å². The number of nitrogens with zero attached hydrogens (tertiary/aromatic N) is 3. The Kier molecular flexibility index (Phi) is 5.98. The average molecular weight is 418 g/mol. The molecule has 0 spiro atoms. The van der Waals surface area contributed by atoms with Gasteiger partial charge in [-0.3, -0.25) is 4.79 Å². The molecular formula is C23H22N4O4. The number of amides is 1. The van der Waals surface area contributed by atoms with Gasteiger partial charge in [-0.05, 0) is 29.8 Å². The van der Waals surface area contributed by atoms with E-state index in [9.17, 15) is 4.79 Å². The summed E-state index contributed by atoms with van der Waals surface area (Å²) in [6.07, 6.45) is 1.80. The minimum absolute atomic E-state index is 0.124. The van der Waals surface area contributed by atoms with Crippen LogP contribution in [-0.2, 0) is 17.9 Å². The highest BCUT2D eigenvalue weighted by Crippen LogP contribution is 2.27. The van der Waals surface area contributed by atoms with E-state index < -0.39 is 0 Å². The zero-order chi connectivity index (χ0) is 21.6. The van der Waals surface area contributed by atoms with Crippen LogP contribution >= 0.6 is 0 Å². The highest BCUT2D eigenvalue weighted by Gasteiger charge is 2.15. The molecule has 4 aromatic rings. The number of rotatable bonds is 8. The van der Waals surface area contributed by atoms with E-state index in [4.69, 9.17) is 14.0 Å². The normalized spacial score (nSPS) is 10.6. The van der Waals surface area contributed by atoms with Crippen LogP contribution in [0.2, 0.25) is 0 Å². The van der Waals surface area contributed by atoms with Gasteiger partial charge in [0.15, 0.2) is 11.5 Å². The Hall–Kier alpha value is -4.07. The molecular weight excluding hydrogens is 396 g/mol. The first-order chi connectivity index (χ1) is 15.2. The van der Waals surface area contributed by atoms with Crippen molar-refractivity contribution in [3.8, 4) is 34.5 Å². The number of hydrogen-bond acceptors (Lipinski definition) is 6. The molecule has 0 bridgehead atoms. The summed E-state index contributed by atoms with van der Waals surface area (Å²) in [4.78, 5) is 17.0. The Morgan fingerprint density at radius 3 is 2.61 bits per heavy atom. The van der Waals surface area contributed by atoms with Crippen molar-refractivity contribution in [2.75, 3.05) is 14.2 Å². The summed E-state index contributed by atoms with van der Waals surface area (Å²) in [6, 6.07) is 18.8. The minimum atomic E-state index is -0.143. The number of carbonyl (C=O) groups is 1. The number of ether oxygens (including phenoxy) is 2. The molecule has 2 aromatic heterocycles. The van der Waals surface area contributed by atoms with Crippen LogP contribution in [0.5, 0.6) is 11.5 Å². The van der Waals surface area contributed by atoms with Crippen molar-refractivity contribution in [1.82, 2.24) is 20.0 Å². The molecule has 0 atom stereocenters. The van der Waals surface area contributed by atoms with Crippen molar-refractivity contribution in [1.29, 1.82) is 0 Å². The quantitative estimate of drug-likeness (QED) is 0.471. The maximum absolute atomic E-state index is 12.5. The van der Waals surface area contributed by atoms with E-state index in [1.54, 1.807) is 25.0 Å². The van der Waals surface area contributed by atoms with Gasteiger partial charge in [-0.15, -0.1) is 0 Å². The van der Waals surface area contributed by atoms with Crippen LogP contribution in [-0.4, -0.2) is 34.8 Å². The van der Waals surface area contributed by atoms with E-state index >= 15 is 0 Å². The second-order valence-electron chi connectivity index (χ2n) is 6.78. The Balaban J connectivity index is 1.42. The lowest BCUT2D eigenvalue weighted by Gasteiger charge is -2.11.